The summed E-state index contributed by atoms with van der Waals surface area (Å²) >= 11 is 7.94. The lowest BCUT2D eigenvalue weighted by Crippen LogP contribution is -2.16. The third kappa shape index (κ3) is 9.28. The first-order valence-corrected chi connectivity index (χ1v) is 12.8. The fraction of sp³-hybridized carbons (Fsp3) is 0.375. The number of anilines is 3. The van der Waals surface area contributed by atoms with Crippen molar-refractivity contribution in [3.8, 4) is 5.75 Å². The Morgan fingerprint density at radius 2 is 1.69 bits per heavy atom. The molecule has 0 spiro atoms. The zero-order valence-electron chi connectivity index (χ0n) is 19.5. The molecule has 36 heavy (non-hydrogen) atoms. The first-order chi connectivity index (χ1) is 17.6. The number of nitrogens with one attached hydrogen (secondary N) is 2. The van der Waals surface area contributed by atoms with Gasteiger partial charge < -0.3 is 29.6 Å². The molecule has 0 aliphatic rings. The molecule has 0 saturated heterocycles. The van der Waals surface area contributed by atoms with E-state index in [1.807, 2.05) is 24.3 Å². The molecule has 9 nitrogen and oxygen atoms in total. The van der Waals surface area contributed by atoms with Gasteiger partial charge in [-0.25, -0.2) is 14.4 Å². The van der Waals surface area contributed by atoms with Crippen molar-refractivity contribution in [3.05, 3.63) is 46.3 Å². The van der Waals surface area contributed by atoms with Gasteiger partial charge >= 0.3 is 0 Å². The normalized spacial score (nSPS) is 11.0. The second-order valence-corrected chi connectivity index (χ2v) is 8.79. The molecule has 3 rings (SSSR count). The van der Waals surface area contributed by atoms with E-state index in [-0.39, 0.29) is 25.0 Å². The number of ether oxygens (including phenoxy) is 4. The Morgan fingerprint density at radius 3 is 2.39 bits per heavy atom. The van der Waals surface area contributed by atoms with Crippen LogP contribution in [0.25, 0.3) is 10.9 Å². The van der Waals surface area contributed by atoms with Crippen molar-refractivity contribution >= 4 is 68.2 Å². The molecule has 0 bridgehead atoms. The highest BCUT2D eigenvalue weighted by Crippen LogP contribution is 2.33. The molecule has 194 valence electrons. The molecule has 1 amide bonds. The van der Waals surface area contributed by atoms with E-state index in [0.29, 0.717) is 61.2 Å². The van der Waals surface area contributed by atoms with Crippen LogP contribution in [0, 0.1) is 3.57 Å². The molecule has 0 unspecified atom stereocenters. The lowest BCUT2D eigenvalue weighted by atomic mass is 10.2. The third-order valence-electron chi connectivity index (χ3n) is 4.67. The van der Waals surface area contributed by atoms with E-state index in [9.17, 15) is 9.18 Å². The third-order valence-corrected chi connectivity index (χ3v) is 5.58. The average molecular weight is 633 g/mol. The van der Waals surface area contributed by atoms with Crippen molar-refractivity contribution in [2.24, 2.45) is 0 Å². The number of rotatable bonds is 16. The van der Waals surface area contributed by atoms with Crippen LogP contribution >= 0.6 is 34.2 Å². The van der Waals surface area contributed by atoms with E-state index in [4.69, 9.17) is 30.5 Å². The highest BCUT2D eigenvalue weighted by atomic mass is 127. The second-order valence-electron chi connectivity index (χ2n) is 7.28. The van der Waals surface area contributed by atoms with Crippen LogP contribution in [0.5, 0.6) is 5.75 Å². The predicted octanol–water partition coefficient (Wildman–Crippen LogP) is 4.55. The topological polar surface area (TPSA) is 104 Å². The van der Waals surface area contributed by atoms with Crippen molar-refractivity contribution in [2.45, 2.75) is 0 Å². The number of hydrogen-bond donors (Lipinski definition) is 2. The van der Waals surface area contributed by atoms with Crippen LogP contribution in [0.15, 0.2) is 42.7 Å². The van der Waals surface area contributed by atoms with E-state index < -0.39 is 6.67 Å². The number of hydrogen-bond acceptors (Lipinski definition) is 8. The quantitative estimate of drug-likeness (QED) is 0.135. The molecular weight excluding hydrogens is 606 g/mol. The molecular formula is C24H27ClFIN4O5. The largest absolute Gasteiger partial charge is 0.489 e. The molecule has 0 aliphatic carbocycles. The van der Waals surface area contributed by atoms with Gasteiger partial charge in [-0.3, -0.25) is 4.79 Å². The van der Waals surface area contributed by atoms with E-state index >= 15 is 0 Å². The van der Waals surface area contributed by atoms with Crippen molar-refractivity contribution in [3.63, 3.8) is 0 Å². The van der Waals surface area contributed by atoms with Crippen LogP contribution in [0.3, 0.4) is 0 Å². The summed E-state index contributed by atoms with van der Waals surface area (Å²) in [6.07, 6.45) is 1.46. The van der Waals surface area contributed by atoms with Gasteiger partial charge in [-0.2, -0.15) is 0 Å². The van der Waals surface area contributed by atoms with Crippen LogP contribution in [-0.4, -0.2) is 74.7 Å². The molecule has 2 aromatic carbocycles. The Morgan fingerprint density at radius 1 is 0.972 bits per heavy atom. The van der Waals surface area contributed by atoms with Crippen LogP contribution in [-0.2, 0) is 19.0 Å². The highest BCUT2D eigenvalue weighted by Gasteiger charge is 2.14. The molecule has 1 aromatic heterocycles. The number of alkyl halides is 2. The van der Waals surface area contributed by atoms with Gasteiger partial charge in [0.05, 0.1) is 50.8 Å². The molecule has 0 aliphatic heterocycles. The number of carbonyl (C=O) groups excluding carboxylic acids is 1. The zero-order chi connectivity index (χ0) is 25.6. The van der Waals surface area contributed by atoms with Crippen molar-refractivity contribution in [1.82, 2.24) is 9.97 Å². The molecule has 0 saturated carbocycles. The molecule has 0 atom stereocenters. The Bertz CT molecular complexity index is 1130. The van der Waals surface area contributed by atoms with E-state index in [0.717, 1.165) is 9.26 Å². The molecule has 2 N–H and O–H groups in total. The average Bonchev–Trinajstić information content (AvgIpc) is 2.87. The number of aromatic nitrogens is 2. The number of nitrogens with zero attached hydrogens (tertiary/aromatic N) is 2. The van der Waals surface area contributed by atoms with Crippen LogP contribution in [0.4, 0.5) is 21.6 Å². The van der Waals surface area contributed by atoms with Crippen LogP contribution in [0.1, 0.15) is 0 Å². The second kappa shape index (κ2) is 15.7. The van der Waals surface area contributed by atoms with Crippen molar-refractivity contribution in [1.29, 1.82) is 0 Å². The summed E-state index contributed by atoms with van der Waals surface area (Å²) in [5.41, 5.74) is 1.97. The number of benzene rings is 2. The number of carbonyl (C=O) groups is 1. The minimum Gasteiger partial charge on any atom is -0.489 e. The SMILES string of the molecule is O=C(CCl)Nc1cc2c(Nc3cccc(I)c3)ncnc2cc1OCCOCCOCCOCCF. The van der Waals surface area contributed by atoms with Crippen LogP contribution < -0.4 is 15.4 Å². The van der Waals surface area contributed by atoms with Gasteiger partial charge in [0, 0.05) is 20.7 Å². The maximum atomic E-state index is 12.0. The Balaban J connectivity index is 1.62. The Labute approximate surface area is 227 Å². The maximum absolute atomic E-state index is 12.0. The fourth-order valence-electron chi connectivity index (χ4n) is 3.09. The van der Waals surface area contributed by atoms with Gasteiger partial charge in [-0.15, -0.1) is 11.6 Å². The molecule has 12 heteroatoms. The Kier molecular flexibility index (Phi) is 12.3. The van der Waals surface area contributed by atoms with Gasteiger partial charge in [0.1, 0.15) is 37.1 Å². The summed E-state index contributed by atoms with van der Waals surface area (Å²) in [7, 11) is 0. The standard InChI is InChI=1S/C24H27ClFIN4O5/c25-15-23(32)31-21-13-19-20(28-16-29-24(19)30-18-3-1-2-17(27)12-18)14-22(21)36-11-10-35-9-8-34-7-6-33-5-4-26/h1-3,12-14,16H,4-11,15H2,(H,31,32)(H,28,29,30). The lowest BCUT2D eigenvalue weighted by Gasteiger charge is -2.15. The minimum atomic E-state index is -0.504. The first-order valence-electron chi connectivity index (χ1n) is 11.2. The van der Waals surface area contributed by atoms with Crippen molar-refractivity contribution in [2.75, 3.05) is 69.4 Å². The summed E-state index contributed by atoms with van der Waals surface area (Å²) in [6, 6.07) is 11.4. The fourth-order valence-corrected chi connectivity index (χ4v) is 3.70. The number of amides is 1. The van der Waals surface area contributed by atoms with Gasteiger partial charge in [0.25, 0.3) is 0 Å². The van der Waals surface area contributed by atoms with Crippen molar-refractivity contribution < 1.29 is 28.1 Å². The summed E-state index contributed by atoms with van der Waals surface area (Å²) in [4.78, 5) is 20.8. The number of fused-ring (bicyclic) bond motifs is 1. The lowest BCUT2D eigenvalue weighted by molar-refractivity contribution is -0.113. The first kappa shape index (κ1) is 28.3. The maximum Gasteiger partial charge on any atom is 0.239 e. The monoisotopic (exact) mass is 632 g/mol. The van der Waals surface area contributed by atoms with Gasteiger partial charge in [0.15, 0.2) is 0 Å². The van der Waals surface area contributed by atoms with Gasteiger partial charge in [-0.05, 0) is 46.9 Å². The zero-order valence-corrected chi connectivity index (χ0v) is 22.4. The molecule has 0 fully saturated rings. The summed E-state index contributed by atoms with van der Waals surface area (Å²) in [5, 5.41) is 6.77. The van der Waals surface area contributed by atoms with E-state index in [1.165, 1.54) is 6.33 Å². The minimum absolute atomic E-state index is 0.0790. The van der Waals surface area contributed by atoms with Crippen LogP contribution in [0.2, 0.25) is 0 Å². The van der Waals surface area contributed by atoms with Gasteiger partial charge in [0.2, 0.25) is 5.91 Å². The van der Waals surface area contributed by atoms with E-state index in [1.54, 1.807) is 12.1 Å². The molecule has 1 heterocycles. The number of halogens is 3. The molecule has 3 aromatic rings. The highest BCUT2D eigenvalue weighted by molar-refractivity contribution is 14.1. The smallest absolute Gasteiger partial charge is 0.239 e. The van der Waals surface area contributed by atoms with E-state index in [2.05, 4.69) is 43.2 Å². The summed E-state index contributed by atoms with van der Waals surface area (Å²) in [5.74, 6) is 0.463. The Hall–Kier alpha value is -2.32. The molecule has 0 radical (unpaired) electrons. The van der Waals surface area contributed by atoms with Gasteiger partial charge in [-0.1, -0.05) is 6.07 Å². The summed E-state index contributed by atoms with van der Waals surface area (Å²) < 4.78 is 34.7. The predicted molar refractivity (Wildman–Crippen MR) is 145 cm³/mol. The summed E-state index contributed by atoms with van der Waals surface area (Å²) in [6.45, 7) is 1.62.